The second-order valence-corrected chi connectivity index (χ2v) is 7.12. The van der Waals surface area contributed by atoms with E-state index in [0.717, 1.165) is 38.0 Å². The van der Waals surface area contributed by atoms with Crippen LogP contribution in [0.25, 0.3) is 0 Å². The van der Waals surface area contributed by atoms with Crippen LogP contribution in [0.3, 0.4) is 0 Å². The van der Waals surface area contributed by atoms with Crippen LogP contribution in [0.2, 0.25) is 0 Å². The van der Waals surface area contributed by atoms with Crippen molar-refractivity contribution in [3.05, 3.63) is 47.8 Å². The molecule has 3 atom stereocenters. The fraction of sp³-hybridized carbons (Fsp3) is 0.474. The molecule has 132 valence electrons. The van der Waals surface area contributed by atoms with E-state index in [0.29, 0.717) is 17.9 Å². The van der Waals surface area contributed by atoms with Crippen LogP contribution in [0.15, 0.2) is 36.7 Å². The molecule has 1 saturated carbocycles. The van der Waals surface area contributed by atoms with Crippen LogP contribution >= 0.6 is 0 Å². The van der Waals surface area contributed by atoms with Gasteiger partial charge in [-0.2, -0.15) is 5.10 Å². The second-order valence-electron chi connectivity index (χ2n) is 7.12. The average Bonchev–Trinajstić information content (AvgIpc) is 3.25. The number of benzene rings is 1. The Bertz CT molecular complexity index is 744. The summed E-state index contributed by atoms with van der Waals surface area (Å²) in [6.45, 7) is 1.77. The van der Waals surface area contributed by atoms with Crippen molar-refractivity contribution in [1.29, 1.82) is 0 Å². The highest BCUT2D eigenvalue weighted by atomic mass is 16.3. The number of hydrogen-bond donors (Lipinski definition) is 3. The average molecular weight is 340 g/mol. The number of aromatic nitrogens is 2. The van der Waals surface area contributed by atoms with Crippen molar-refractivity contribution in [3.8, 4) is 0 Å². The number of carbonyl (C=O) groups is 1. The smallest absolute Gasteiger partial charge is 0.251 e. The maximum atomic E-state index is 12.6. The lowest BCUT2D eigenvalue weighted by Crippen LogP contribution is -2.40. The summed E-state index contributed by atoms with van der Waals surface area (Å²) < 4.78 is 1.89. The molecule has 2 aromatic rings. The highest BCUT2D eigenvalue weighted by molar-refractivity contribution is 5.95. The van der Waals surface area contributed by atoms with Gasteiger partial charge >= 0.3 is 0 Å². The van der Waals surface area contributed by atoms with Crippen molar-refractivity contribution in [2.24, 2.45) is 5.92 Å². The van der Waals surface area contributed by atoms with Gasteiger partial charge in [-0.15, -0.1) is 0 Å². The van der Waals surface area contributed by atoms with Crippen molar-refractivity contribution >= 4 is 11.6 Å². The highest BCUT2D eigenvalue weighted by Crippen LogP contribution is 2.28. The molecule has 1 aromatic carbocycles. The summed E-state index contributed by atoms with van der Waals surface area (Å²) >= 11 is 0. The summed E-state index contributed by atoms with van der Waals surface area (Å²) in [5.41, 5.74) is 3.00. The van der Waals surface area contributed by atoms with Crippen molar-refractivity contribution < 1.29 is 9.90 Å². The number of aliphatic hydroxyl groups excluding tert-OH is 1. The van der Waals surface area contributed by atoms with Gasteiger partial charge in [0, 0.05) is 36.7 Å². The van der Waals surface area contributed by atoms with Crippen molar-refractivity contribution in [2.75, 3.05) is 11.9 Å². The molecule has 0 radical (unpaired) electrons. The van der Waals surface area contributed by atoms with E-state index in [9.17, 15) is 9.90 Å². The number of aryl methyl sites for hydroxylation is 1. The minimum atomic E-state index is -0.496. The number of carbonyl (C=O) groups excluding carboxylic acids is 1. The Hall–Kier alpha value is -2.34. The molecule has 1 aromatic heterocycles. The summed E-state index contributed by atoms with van der Waals surface area (Å²) in [5, 5.41) is 20.9. The highest BCUT2D eigenvalue weighted by Gasteiger charge is 2.34. The SMILES string of the molecule is O=C(N[C@@H]1CC(Cn2cccn2)C[C@H]1O)c1ccc2c(c1)CCCN2. The van der Waals surface area contributed by atoms with Gasteiger partial charge in [-0.25, -0.2) is 0 Å². The molecule has 1 amide bonds. The standard InChI is InChI=1S/C19H24N4O2/c24-18-10-13(12-23-8-2-7-21-23)9-17(18)22-19(25)15-4-5-16-14(11-15)3-1-6-20-16/h2,4-5,7-8,11,13,17-18,20,24H,1,3,6,9-10,12H2,(H,22,25)/t13?,17-,18-/m1/s1. The van der Waals surface area contributed by atoms with E-state index in [4.69, 9.17) is 0 Å². The maximum Gasteiger partial charge on any atom is 0.251 e. The van der Waals surface area contributed by atoms with E-state index in [1.165, 1.54) is 5.56 Å². The lowest BCUT2D eigenvalue weighted by atomic mass is 10.0. The van der Waals surface area contributed by atoms with Crippen LogP contribution in [-0.2, 0) is 13.0 Å². The van der Waals surface area contributed by atoms with Crippen LogP contribution < -0.4 is 10.6 Å². The monoisotopic (exact) mass is 340 g/mol. The molecule has 1 aliphatic carbocycles. The van der Waals surface area contributed by atoms with Crippen LogP contribution in [0.5, 0.6) is 0 Å². The molecule has 1 unspecified atom stereocenters. The first-order valence-corrected chi connectivity index (χ1v) is 9.02. The third-order valence-corrected chi connectivity index (χ3v) is 5.25. The first kappa shape index (κ1) is 16.1. The fourth-order valence-electron chi connectivity index (χ4n) is 3.96. The van der Waals surface area contributed by atoms with Crippen LogP contribution in [0, 0.1) is 5.92 Å². The molecule has 2 heterocycles. The van der Waals surface area contributed by atoms with E-state index >= 15 is 0 Å². The van der Waals surface area contributed by atoms with E-state index in [1.54, 1.807) is 6.20 Å². The number of amides is 1. The van der Waals surface area contributed by atoms with E-state index in [-0.39, 0.29) is 11.9 Å². The predicted molar refractivity (Wildman–Crippen MR) is 95.5 cm³/mol. The Morgan fingerprint density at radius 1 is 1.40 bits per heavy atom. The number of aliphatic hydroxyl groups is 1. The zero-order chi connectivity index (χ0) is 17.2. The van der Waals surface area contributed by atoms with Crippen LogP contribution in [0.4, 0.5) is 5.69 Å². The van der Waals surface area contributed by atoms with Gasteiger partial charge in [-0.05, 0) is 61.4 Å². The first-order chi connectivity index (χ1) is 12.2. The molecule has 4 rings (SSSR count). The summed E-state index contributed by atoms with van der Waals surface area (Å²) in [6, 6.07) is 7.51. The lowest BCUT2D eigenvalue weighted by molar-refractivity contribution is 0.0872. The number of nitrogens with one attached hydrogen (secondary N) is 2. The zero-order valence-corrected chi connectivity index (χ0v) is 14.2. The summed E-state index contributed by atoms with van der Waals surface area (Å²) in [7, 11) is 0. The lowest BCUT2D eigenvalue weighted by Gasteiger charge is -2.20. The van der Waals surface area contributed by atoms with Gasteiger partial charge in [0.25, 0.3) is 5.91 Å². The minimum Gasteiger partial charge on any atom is -0.391 e. The van der Waals surface area contributed by atoms with E-state index in [1.807, 2.05) is 35.1 Å². The van der Waals surface area contributed by atoms with Crippen molar-refractivity contribution in [3.63, 3.8) is 0 Å². The number of anilines is 1. The molecule has 1 fully saturated rings. The number of fused-ring (bicyclic) bond motifs is 1. The molecule has 3 N–H and O–H groups in total. The van der Waals surface area contributed by atoms with Gasteiger partial charge in [-0.3, -0.25) is 9.48 Å². The topological polar surface area (TPSA) is 79.2 Å². The Balaban J connectivity index is 1.39. The number of rotatable bonds is 4. The molecule has 1 aliphatic heterocycles. The zero-order valence-electron chi connectivity index (χ0n) is 14.2. The molecule has 2 aliphatic rings. The van der Waals surface area contributed by atoms with Gasteiger partial charge in [0.05, 0.1) is 12.1 Å². The van der Waals surface area contributed by atoms with E-state index in [2.05, 4.69) is 15.7 Å². The Morgan fingerprint density at radius 2 is 2.32 bits per heavy atom. The maximum absolute atomic E-state index is 12.6. The Kier molecular flexibility index (Phi) is 4.44. The Labute approximate surface area is 147 Å². The van der Waals surface area contributed by atoms with Crippen LogP contribution in [0.1, 0.15) is 35.2 Å². The van der Waals surface area contributed by atoms with E-state index < -0.39 is 6.10 Å². The molecule has 6 heteroatoms. The number of hydrogen-bond acceptors (Lipinski definition) is 4. The van der Waals surface area contributed by atoms with Gasteiger partial charge < -0.3 is 15.7 Å². The summed E-state index contributed by atoms with van der Waals surface area (Å²) in [5.74, 6) is 0.227. The molecule has 0 spiro atoms. The largest absolute Gasteiger partial charge is 0.391 e. The molecule has 6 nitrogen and oxygen atoms in total. The minimum absolute atomic E-state index is 0.0998. The second kappa shape index (κ2) is 6.88. The molecule has 0 bridgehead atoms. The van der Waals surface area contributed by atoms with Crippen molar-refractivity contribution in [2.45, 2.75) is 44.4 Å². The quantitative estimate of drug-likeness (QED) is 0.793. The van der Waals surface area contributed by atoms with Crippen molar-refractivity contribution in [1.82, 2.24) is 15.1 Å². The predicted octanol–water partition coefficient (Wildman–Crippen LogP) is 1.81. The fourth-order valence-corrected chi connectivity index (χ4v) is 3.96. The molecule has 25 heavy (non-hydrogen) atoms. The summed E-state index contributed by atoms with van der Waals surface area (Å²) in [4.78, 5) is 12.6. The Morgan fingerprint density at radius 3 is 3.16 bits per heavy atom. The number of nitrogens with zero attached hydrogens (tertiary/aromatic N) is 2. The third-order valence-electron chi connectivity index (χ3n) is 5.25. The van der Waals surface area contributed by atoms with Gasteiger partial charge in [-0.1, -0.05) is 0 Å². The first-order valence-electron chi connectivity index (χ1n) is 9.02. The molecular formula is C19H24N4O2. The summed E-state index contributed by atoms with van der Waals surface area (Å²) in [6.07, 6.45) is 6.76. The van der Waals surface area contributed by atoms with Gasteiger partial charge in [0.15, 0.2) is 0 Å². The molecular weight excluding hydrogens is 316 g/mol. The molecule has 0 saturated heterocycles. The third kappa shape index (κ3) is 3.54. The normalized spacial score (nSPS) is 25.2. The van der Waals surface area contributed by atoms with Crippen LogP contribution in [-0.4, -0.2) is 39.5 Å². The van der Waals surface area contributed by atoms with Gasteiger partial charge in [0.2, 0.25) is 0 Å². The van der Waals surface area contributed by atoms with Gasteiger partial charge in [0.1, 0.15) is 0 Å².